The smallest absolute Gasteiger partial charge is 0.241 e. The molecule has 0 bridgehead atoms. The largest absolute Gasteiger partial charge is 0.346 e. The Balaban J connectivity index is 1.52. The van der Waals surface area contributed by atoms with Crippen LogP contribution in [0.2, 0.25) is 0 Å². The van der Waals surface area contributed by atoms with Gasteiger partial charge in [0.2, 0.25) is 5.91 Å². The number of piperazine rings is 1. The molecule has 2 aromatic rings. The maximum atomic E-state index is 12.6. The van der Waals surface area contributed by atoms with Crippen molar-refractivity contribution in [1.82, 2.24) is 9.88 Å². The van der Waals surface area contributed by atoms with E-state index in [1.165, 1.54) is 5.56 Å². The van der Waals surface area contributed by atoms with Crippen molar-refractivity contribution in [2.45, 2.75) is 32.7 Å². The Morgan fingerprint density at radius 3 is 2.36 bits per heavy atom. The van der Waals surface area contributed by atoms with E-state index in [2.05, 4.69) is 46.1 Å². The number of rotatable bonds is 5. The summed E-state index contributed by atoms with van der Waals surface area (Å²) in [5, 5.41) is 6.11. The van der Waals surface area contributed by atoms with E-state index in [-0.39, 0.29) is 11.9 Å². The normalized spacial score (nSPS) is 16.9. The number of benzene rings is 1. The van der Waals surface area contributed by atoms with Gasteiger partial charge in [-0.05, 0) is 30.5 Å². The Morgan fingerprint density at radius 2 is 1.80 bits per heavy atom. The van der Waals surface area contributed by atoms with Crippen LogP contribution in [-0.2, 0) is 4.79 Å². The molecule has 1 atom stereocenters. The summed E-state index contributed by atoms with van der Waals surface area (Å²) in [6.45, 7) is 9.89. The van der Waals surface area contributed by atoms with E-state index >= 15 is 0 Å². The molecule has 5 nitrogen and oxygen atoms in total. The van der Waals surface area contributed by atoms with Gasteiger partial charge in [0.05, 0.1) is 6.04 Å². The molecule has 1 aromatic carbocycles. The van der Waals surface area contributed by atoms with Gasteiger partial charge in [0.25, 0.3) is 0 Å². The first kappa shape index (κ1) is 17.9. The lowest BCUT2D eigenvalue weighted by Gasteiger charge is -2.37. The second-order valence-corrected chi connectivity index (χ2v) is 7.65. The highest BCUT2D eigenvalue weighted by Crippen LogP contribution is 2.20. The number of hydrogen-bond acceptors (Lipinski definition) is 5. The van der Waals surface area contributed by atoms with Crippen molar-refractivity contribution in [2.75, 3.05) is 36.4 Å². The number of aromatic nitrogens is 1. The molecule has 1 amide bonds. The zero-order chi connectivity index (χ0) is 17.8. The van der Waals surface area contributed by atoms with Crippen LogP contribution in [0.3, 0.4) is 0 Å². The highest BCUT2D eigenvalue weighted by molar-refractivity contribution is 7.13. The van der Waals surface area contributed by atoms with Crippen LogP contribution in [0.25, 0.3) is 0 Å². The number of nitrogens with zero attached hydrogens (tertiary/aromatic N) is 3. The second-order valence-electron chi connectivity index (χ2n) is 6.78. The lowest BCUT2D eigenvalue weighted by atomic mass is 10.0. The van der Waals surface area contributed by atoms with Crippen LogP contribution in [0.15, 0.2) is 35.8 Å². The highest BCUT2D eigenvalue weighted by Gasteiger charge is 2.26. The molecule has 2 heterocycles. The quantitative estimate of drug-likeness (QED) is 0.890. The molecule has 3 rings (SSSR count). The number of amides is 1. The molecule has 6 heteroatoms. The molecule has 134 valence electrons. The molecule has 0 saturated carbocycles. The van der Waals surface area contributed by atoms with Crippen molar-refractivity contribution in [3.8, 4) is 0 Å². The topological polar surface area (TPSA) is 48.5 Å². The lowest BCUT2D eigenvalue weighted by Crippen LogP contribution is -2.52. The molecule has 0 radical (unpaired) electrons. The molecule has 0 spiro atoms. The number of carbonyl (C=O) groups is 1. The van der Waals surface area contributed by atoms with E-state index in [0.29, 0.717) is 5.92 Å². The van der Waals surface area contributed by atoms with Crippen LogP contribution in [0.1, 0.15) is 32.3 Å². The molecular weight excluding hydrogens is 332 g/mol. The third-order valence-corrected chi connectivity index (χ3v) is 5.61. The van der Waals surface area contributed by atoms with E-state index in [9.17, 15) is 4.79 Å². The number of hydrogen-bond donors (Lipinski definition) is 1. The van der Waals surface area contributed by atoms with Gasteiger partial charge in [0.15, 0.2) is 5.13 Å². The molecule has 1 aromatic heterocycles. The summed E-state index contributed by atoms with van der Waals surface area (Å²) in [6.07, 6.45) is 1.84. The van der Waals surface area contributed by atoms with E-state index in [1.54, 1.807) is 11.3 Å². The van der Waals surface area contributed by atoms with Crippen molar-refractivity contribution < 1.29 is 4.79 Å². The van der Waals surface area contributed by atoms with Gasteiger partial charge in [-0.25, -0.2) is 4.98 Å². The van der Waals surface area contributed by atoms with Crippen LogP contribution >= 0.6 is 11.3 Å². The first-order valence-electron chi connectivity index (χ1n) is 8.84. The number of anilines is 2. The van der Waals surface area contributed by atoms with Crippen molar-refractivity contribution in [2.24, 2.45) is 0 Å². The molecule has 1 saturated heterocycles. The Hall–Kier alpha value is -1.92. The number of thiazole rings is 1. The van der Waals surface area contributed by atoms with Gasteiger partial charge in [-0.1, -0.05) is 26.0 Å². The van der Waals surface area contributed by atoms with E-state index in [4.69, 9.17) is 0 Å². The Morgan fingerprint density at radius 1 is 1.12 bits per heavy atom. The maximum Gasteiger partial charge on any atom is 0.241 e. The van der Waals surface area contributed by atoms with Gasteiger partial charge in [0, 0.05) is 43.4 Å². The summed E-state index contributed by atoms with van der Waals surface area (Å²) in [5.41, 5.74) is 2.15. The minimum Gasteiger partial charge on any atom is -0.346 e. The van der Waals surface area contributed by atoms with Crippen LogP contribution < -0.4 is 10.2 Å². The van der Waals surface area contributed by atoms with Crippen LogP contribution in [0.5, 0.6) is 0 Å². The zero-order valence-electron chi connectivity index (χ0n) is 15.1. The molecule has 0 aliphatic carbocycles. The van der Waals surface area contributed by atoms with Crippen molar-refractivity contribution in [3.05, 3.63) is 41.4 Å². The standard InChI is InChI=1S/C19H26N4OS/c1-14(2)16-4-6-17(7-5-16)21-18(24)15(3)22-9-11-23(12-10-22)19-20-8-13-25-19/h4-8,13-15H,9-12H2,1-3H3,(H,21,24). The zero-order valence-corrected chi connectivity index (χ0v) is 15.9. The first-order chi connectivity index (χ1) is 12.0. The van der Waals surface area contributed by atoms with E-state index < -0.39 is 0 Å². The SMILES string of the molecule is CC(C)c1ccc(NC(=O)C(C)N2CCN(c3nccs3)CC2)cc1. The molecule has 1 aliphatic heterocycles. The van der Waals surface area contributed by atoms with Gasteiger partial charge in [-0.3, -0.25) is 9.69 Å². The predicted octanol–water partition coefficient (Wildman–Crippen LogP) is 3.42. The van der Waals surface area contributed by atoms with Gasteiger partial charge < -0.3 is 10.2 Å². The number of carbonyl (C=O) groups excluding carboxylic acids is 1. The average molecular weight is 359 g/mol. The summed E-state index contributed by atoms with van der Waals surface area (Å²) in [6, 6.07) is 8.00. The molecule has 25 heavy (non-hydrogen) atoms. The monoisotopic (exact) mass is 358 g/mol. The summed E-state index contributed by atoms with van der Waals surface area (Å²) in [5.74, 6) is 0.554. The van der Waals surface area contributed by atoms with Crippen LogP contribution in [-0.4, -0.2) is 48.0 Å². The summed E-state index contributed by atoms with van der Waals surface area (Å²) < 4.78 is 0. The average Bonchev–Trinajstić information content (AvgIpc) is 3.16. The third kappa shape index (κ3) is 4.38. The Kier molecular flexibility index (Phi) is 5.71. The fraction of sp³-hybridized carbons (Fsp3) is 0.474. The van der Waals surface area contributed by atoms with E-state index in [0.717, 1.165) is 37.0 Å². The Bertz CT molecular complexity index is 676. The molecule has 1 unspecified atom stereocenters. The molecule has 1 aliphatic rings. The maximum absolute atomic E-state index is 12.6. The van der Waals surface area contributed by atoms with Crippen molar-refractivity contribution in [3.63, 3.8) is 0 Å². The fourth-order valence-corrected chi connectivity index (χ4v) is 3.73. The van der Waals surface area contributed by atoms with Gasteiger partial charge in [0.1, 0.15) is 0 Å². The van der Waals surface area contributed by atoms with E-state index in [1.807, 2.05) is 30.6 Å². The summed E-state index contributed by atoms with van der Waals surface area (Å²) >= 11 is 1.67. The van der Waals surface area contributed by atoms with Crippen molar-refractivity contribution >= 4 is 28.1 Å². The summed E-state index contributed by atoms with van der Waals surface area (Å²) in [4.78, 5) is 21.5. The van der Waals surface area contributed by atoms with Crippen LogP contribution in [0, 0.1) is 0 Å². The van der Waals surface area contributed by atoms with Gasteiger partial charge in [-0.2, -0.15) is 0 Å². The molecule has 1 N–H and O–H groups in total. The van der Waals surface area contributed by atoms with Gasteiger partial charge in [-0.15, -0.1) is 11.3 Å². The lowest BCUT2D eigenvalue weighted by molar-refractivity contribution is -0.120. The highest BCUT2D eigenvalue weighted by atomic mass is 32.1. The number of nitrogens with one attached hydrogen (secondary N) is 1. The molecule has 1 fully saturated rings. The fourth-order valence-electron chi connectivity index (χ4n) is 3.04. The Labute approximate surface area is 153 Å². The minimum atomic E-state index is -0.136. The minimum absolute atomic E-state index is 0.0556. The predicted molar refractivity (Wildman–Crippen MR) is 105 cm³/mol. The second kappa shape index (κ2) is 7.97. The summed E-state index contributed by atoms with van der Waals surface area (Å²) in [7, 11) is 0. The first-order valence-corrected chi connectivity index (χ1v) is 9.72. The third-order valence-electron chi connectivity index (χ3n) is 4.78. The van der Waals surface area contributed by atoms with Crippen molar-refractivity contribution in [1.29, 1.82) is 0 Å². The molecular formula is C19H26N4OS. The van der Waals surface area contributed by atoms with Crippen LogP contribution in [0.4, 0.5) is 10.8 Å². The van der Waals surface area contributed by atoms with Gasteiger partial charge >= 0.3 is 0 Å².